The fraction of sp³-hybridized carbons (Fsp3) is 0.571. The van der Waals surface area contributed by atoms with E-state index in [2.05, 4.69) is 36.2 Å². The molecule has 0 aromatic heterocycles. The smallest absolute Gasteiger partial charge is 0.0650 e. The maximum atomic E-state index is 6.56. The molecule has 2 aliphatic rings. The van der Waals surface area contributed by atoms with Crippen molar-refractivity contribution in [1.29, 1.82) is 0 Å². The van der Waals surface area contributed by atoms with Gasteiger partial charge in [0.1, 0.15) is 0 Å². The van der Waals surface area contributed by atoms with Gasteiger partial charge in [0, 0.05) is 16.7 Å². The van der Waals surface area contributed by atoms with E-state index in [0.29, 0.717) is 6.04 Å². The molecule has 2 heterocycles. The summed E-state index contributed by atoms with van der Waals surface area (Å²) in [5.74, 6) is 1.28. The average molecular weight is 253 g/mol. The van der Waals surface area contributed by atoms with Crippen molar-refractivity contribution in [2.45, 2.75) is 34.9 Å². The topological polar surface area (TPSA) is 3.24 Å². The van der Waals surface area contributed by atoms with E-state index in [1.165, 1.54) is 16.9 Å². The van der Waals surface area contributed by atoms with Crippen LogP contribution in [0.25, 0.3) is 0 Å². The molecule has 4 radical (unpaired) electrons. The van der Waals surface area contributed by atoms with Crippen molar-refractivity contribution in [2.75, 3.05) is 19.3 Å². The first kappa shape index (κ1) is 12.7. The number of hydrogen-bond donors (Lipinski definition) is 0. The molecular formula is C14H17B2NS. The predicted molar refractivity (Wildman–Crippen MR) is 79.8 cm³/mol. The Hall–Kier alpha value is -0.340. The molecule has 0 spiro atoms. The van der Waals surface area contributed by atoms with Crippen LogP contribution in [-0.2, 0) is 0 Å². The number of rotatable bonds is 2. The van der Waals surface area contributed by atoms with E-state index in [4.69, 9.17) is 15.7 Å². The van der Waals surface area contributed by atoms with Gasteiger partial charge in [-0.3, -0.25) is 0 Å². The lowest BCUT2D eigenvalue weighted by atomic mass is 9.44. The Morgan fingerprint density at radius 3 is 2.83 bits per heavy atom. The van der Waals surface area contributed by atoms with Crippen LogP contribution in [0.5, 0.6) is 0 Å². The van der Waals surface area contributed by atoms with Crippen molar-refractivity contribution in [2.24, 2.45) is 0 Å². The standard InChI is InChI=1S/C14H17B2NS/c1-17-8-4-7-13(17)14(15,16)11-9-18-12-6-3-2-5-10(11)12/h2-3,5-6,11,13H,4,7-9H2,1H3/t11?,13-/m0/s1. The first-order chi connectivity index (χ1) is 8.60. The summed E-state index contributed by atoms with van der Waals surface area (Å²) < 4.78 is 0. The molecule has 0 saturated carbocycles. The SMILES string of the molecule is [B]C([B])(C1CSc2ccccc21)[C@@H]1CCCN1C. The van der Waals surface area contributed by atoms with Crippen molar-refractivity contribution in [3.63, 3.8) is 0 Å². The summed E-state index contributed by atoms with van der Waals surface area (Å²) in [6, 6.07) is 8.84. The third kappa shape index (κ3) is 1.94. The third-order valence-corrected chi connectivity index (χ3v) is 5.58. The van der Waals surface area contributed by atoms with Crippen LogP contribution in [-0.4, -0.2) is 46.0 Å². The van der Waals surface area contributed by atoms with Crippen molar-refractivity contribution >= 4 is 27.5 Å². The molecule has 4 heteroatoms. The van der Waals surface area contributed by atoms with Gasteiger partial charge in [0.05, 0.1) is 15.7 Å². The molecule has 0 N–H and O–H groups in total. The first-order valence-electron chi connectivity index (χ1n) is 6.60. The fourth-order valence-electron chi connectivity index (χ4n) is 3.35. The maximum absolute atomic E-state index is 6.56. The summed E-state index contributed by atoms with van der Waals surface area (Å²) in [5.41, 5.74) is 1.34. The third-order valence-electron chi connectivity index (χ3n) is 4.40. The number of thioether (sulfide) groups is 1. The van der Waals surface area contributed by atoms with Gasteiger partial charge >= 0.3 is 0 Å². The molecule has 0 aliphatic carbocycles. The van der Waals surface area contributed by atoms with Crippen LogP contribution in [0, 0.1) is 0 Å². The second-order valence-electron chi connectivity index (χ2n) is 5.54. The summed E-state index contributed by atoms with van der Waals surface area (Å²) in [4.78, 5) is 3.68. The number of benzene rings is 1. The Labute approximate surface area is 117 Å². The molecule has 90 valence electrons. The molecule has 1 nitrogen and oxygen atoms in total. The minimum atomic E-state index is -0.620. The lowest BCUT2D eigenvalue weighted by molar-refractivity contribution is 0.268. The summed E-state index contributed by atoms with van der Waals surface area (Å²) in [6.07, 6.45) is 2.33. The molecule has 1 fully saturated rings. The van der Waals surface area contributed by atoms with E-state index in [-0.39, 0.29) is 5.92 Å². The highest BCUT2D eigenvalue weighted by molar-refractivity contribution is 7.99. The van der Waals surface area contributed by atoms with Crippen molar-refractivity contribution in [3.05, 3.63) is 29.8 Å². The van der Waals surface area contributed by atoms with Gasteiger partial charge in [0.2, 0.25) is 0 Å². The van der Waals surface area contributed by atoms with Crippen LogP contribution in [0.15, 0.2) is 29.2 Å². The van der Waals surface area contributed by atoms with Crippen LogP contribution in [0.2, 0.25) is 5.21 Å². The van der Waals surface area contributed by atoms with E-state index in [1.54, 1.807) is 0 Å². The lowest BCUT2D eigenvalue weighted by Gasteiger charge is -2.42. The highest BCUT2D eigenvalue weighted by Gasteiger charge is 2.43. The van der Waals surface area contributed by atoms with E-state index < -0.39 is 5.21 Å². The molecule has 0 bridgehead atoms. The maximum Gasteiger partial charge on any atom is 0.0650 e. The second-order valence-corrected chi connectivity index (χ2v) is 6.60. The van der Waals surface area contributed by atoms with Crippen molar-refractivity contribution in [1.82, 2.24) is 4.90 Å². The van der Waals surface area contributed by atoms with Crippen LogP contribution < -0.4 is 0 Å². The molecule has 2 atom stereocenters. The van der Waals surface area contributed by atoms with Gasteiger partial charge < -0.3 is 4.90 Å². The average Bonchev–Trinajstić information content (AvgIpc) is 2.95. The normalized spacial score (nSPS) is 28.5. The van der Waals surface area contributed by atoms with Gasteiger partial charge in [-0.1, -0.05) is 23.4 Å². The second kappa shape index (κ2) is 4.64. The number of hydrogen-bond acceptors (Lipinski definition) is 2. The monoisotopic (exact) mass is 253 g/mol. The van der Waals surface area contributed by atoms with Gasteiger partial charge in [-0.05, 0) is 44.0 Å². The molecule has 1 aromatic rings. The Balaban J connectivity index is 1.91. The molecule has 0 amide bonds. The van der Waals surface area contributed by atoms with Gasteiger partial charge in [0.25, 0.3) is 0 Å². The number of nitrogens with zero attached hydrogens (tertiary/aromatic N) is 1. The zero-order valence-electron chi connectivity index (χ0n) is 10.8. The van der Waals surface area contributed by atoms with Crippen molar-refractivity contribution in [3.8, 4) is 0 Å². The minimum Gasteiger partial charge on any atom is -0.304 e. The molecule has 3 rings (SSSR count). The van der Waals surface area contributed by atoms with Crippen LogP contribution in [0.1, 0.15) is 24.3 Å². The summed E-state index contributed by atoms with van der Waals surface area (Å²) in [5, 5.41) is -0.620. The summed E-state index contributed by atoms with van der Waals surface area (Å²) >= 11 is 1.88. The van der Waals surface area contributed by atoms with Crippen LogP contribution in [0.3, 0.4) is 0 Å². The zero-order valence-corrected chi connectivity index (χ0v) is 11.6. The first-order valence-corrected chi connectivity index (χ1v) is 7.59. The Morgan fingerprint density at radius 2 is 2.11 bits per heavy atom. The quantitative estimate of drug-likeness (QED) is 0.744. The summed E-state index contributed by atoms with van der Waals surface area (Å²) in [7, 11) is 15.2. The van der Waals surface area contributed by atoms with E-state index in [9.17, 15) is 0 Å². The minimum absolute atomic E-state index is 0.268. The number of fused-ring (bicyclic) bond motifs is 1. The van der Waals surface area contributed by atoms with Crippen molar-refractivity contribution < 1.29 is 0 Å². The lowest BCUT2D eigenvalue weighted by Crippen LogP contribution is -2.42. The van der Waals surface area contributed by atoms with Crippen LogP contribution >= 0.6 is 11.8 Å². The molecule has 1 aromatic carbocycles. The zero-order chi connectivity index (χ0) is 12.8. The molecular weight excluding hydrogens is 236 g/mol. The Kier molecular flexibility index (Phi) is 3.27. The molecule has 1 saturated heterocycles. The van der Waals surface area contributed by atoms with E-state index in [1.807, 2.05) is 11.8 Å². The number of likely N-dealkylation sites (tertiary alicyclic amines) is 1. The Morgan fingerprint density at radius 1 is 1.33 bits per heavy atom. The molecule has 2 aliphatic heterocycles. The highest BCUT2D eigenvalue weighted by atomic mass is 32.2. The van der Waals surface area contributed by atoms with Gasteiger partial charge in [0.15, 0.2) is 0 Å². The molecule has 1 unspecified atom stereocenters. The summed E-state index contributed by atoms with van der Waals surface area (Å²) in [6.45, 7) is 1.11. The van der Waals surface area contributed by atoms with Gasteiger partial charge in [-0.15, -0.1) is 11.8 Å². The Bertz CT molecular complexity index is 449. The van der Waals surface area contributed by atoms with E-state index >= 15 is 0 Å². The van der Waals surface area contributed by atoms with Gasteiger partial charge in [-0.25, -0.2) is 0 Å². The van der Waals surface area contributed by atoms with E-state index in [0.717, 1.165) is 18.7 Å². The molecule has 18 heavy (non-hydrogen) atoms. The fourth-order valence-corrected chi connectivity index (χ4v) is 4.72. The highest BCUT2D eigenvalue weighted by Crippen LogP contribution is 2.53. The largest absolute Gasteiger partial charge is 0.304 e. The van der Waals surface area contributed by atoms with Gasteiger partial charge in [-0.2, -0.15) is 0 Å². The van der Waals surface area contributed by atoms with Crippen LogP contribution in [0.4, 0.5) is 0 Å². The predicted octanol–water partition coefficient (Wildman–Crippen LogP) is 2.42.